The molecule has 1 fully saturated rings. The molecule has 1 aliphatic rings. The van der Waals surface area contributed by atoms with Gasteiger partial charge < -0.3 is 10.8 Å². The van der Waals surface area contributed by atoms with E-state index in [1.54, 1.807) is 12.1 Å². The van der Waals surface area contributed by atoms with E-state index in [0.717, 1.165) is 12.8 Å². The van der Waals surface area contributed by atoms with Gasteiger partial charge >= 0.3 is 5.97 Å². The highest BCUT2D eigenvalue weighted by Crippen LogP contribution is 2.33. The fourth-order valence-electron chi connectivity index (χ4n) is 2.28. The average molecular weight is 205 g/mol. The van der Waals surface area contributed by atoms with Gasteiger partial charge in [0.2, 0.25) is 0 Å². The predicted molar refractivity (Wildman–Crippen MR) is 58.0 cm³/mol. The molecule has 2 atom stereocenters. The van der Waals surface area contributed by atoms with E-state index in [0.29, 0.717) is 11.5 Å². The molecule has 0 aliphatic heterocycles. The Hall–Kier alpha value is -1.35. The number of nitrogens with two attached hydrogens (primary N) is 1. The van der Waals surface area contributed by atoms with Crippen molar-refractivity contribution in [1.82, 2.24) is 0 Å². The minimum Gasteiger partial charge on any atom is -0.478 e. The molecule has 0 bridgehead atoms. The van der Waals surface area contributed by atoms with E-state index in [1.165, 1.54) is 12.0 Å². The molecule has 2 rings (SSSR count). The molecule has 1 saturated carbocycles. The van der Waals surface area contributed by atoms with E-state index in [-0.39, 0.29) is 6.04 Å². The van der Waals surface area contributed by atoms with Crippen molar-refractivity contribution < 1.29 is 9.90 Å². The smallest absolute Gasteiger partial charge is 0.335 e. The van der Waals surface area contributed by atoms with Crippen LogP contribution in [0.15, 0.2) is 24.3 Å². The standard InChI is InChI=1S/C12H15NO2/c13-11-3-1-2-10(11)8-4-6-9(7-5-8)12(14)15/h4-7,10-11H,1-3,13H2,(H,14,15). The Morgan fingerprint density at radius 1 is 1.27 bits per heavy atom. The van der Waals surface area contributed by atoms with Crippen LogP contribution in [0.5, 0.6) is 0 Å². The van der Waals surface area contributed by atoms with Crippen LogP contribution in [0.4, 0.5) is 0 Å². The minimum atomic E-state index is -0.878. The number of benzene rings is 1. The molecule has 1 aromatic carbocycles. The predicted octanol–water partition coefficient (Wildman–Crippen LogP) is 1.98. The van der Waals surface area contributed by atoms with Crippen molar-refractivity contribution in [3.63, 3.8) is 0 Å². The summed E-state index contributed by atoms with van der Waals surface area (Å²) in [5.74, 6) is -0.467. The molecule has 0 radical (unpaired) electrons. The molecule has 3 N–H and O–H groups in total. The Labute approximate surface area is 88.9 Å². The maximum Gasteiger partial charge on any atom is 0.335 e. The Kier molecular flexibility index (Phi) is 2.73. The van der Waals surface area contributed by atoms with Gasteiger partial charge in [-0.05, 0) is 36.5 Å². The molecule has 15 heavy (non-hydrogen) atoms. The molecule has 1 aromatic rings. The first-order chi connectivity index (χ1) is 7.18. The molecule has 3 nitrogen and oxygen atoms in total. The highest BCUT2D eigenvalue weighted by atomic mass is 16.4. The summed E-state index contributed by atoms with van der Waals surface area (Å²) in [7, 11) is 0. The van der Waals surface area contributed by atoms with Gasteiger partial charge in [0.15, 0.2) is 0 Å². The molecular formula is C12H15NO2. The molecule has 2 unspecified atom stereocenters. The summed E-state index contributed by atoms with van der Waals surface area (Å²) in [5.41, 5.74) is 7.50. The van der Waals surface area contributed by atoms with Gasteiger partial charge in [0.1, 0.15) is 0 Å². The summed E-state index contributed by atoms with van der Waals surface area (Å²) < 4.78 is 0. The molecule has 80 valence electrons. The first-order valence-electron chi connectivity index (χ1n) is 5.27. The molecule has 0 aromatic heterocycles. The van der Waals surface area contributed by atoms with Crippen LogP contribution < -0.4 is 5.73 Å². The quantitative estimate of drug-likeness (QED) is 0.776. The lowest BCUT2D eigenvalue weighted by atomic mass is 9.94. The van der Waals surface area contributed by atoms with Crippen LogP contribution >= 0.6 is 0 Å². The van der Waals surface area contributed by atoms with Crippen molar-refractivity contribution >= 4 is 5.97 Å². The highest BCUT2D eigenvalue weighted by molar-refractivity contribution is 5.87. The van der Waals surface area contributed by atoms with Crippen molar-refractivity contribution in [2.75, 3.05) is 0 Å². The van der Waals surface area contributed by atoms with Gasteiger partial charge in [-0.15, -0.1) is 0 Å². The van der Waals surface area contributed by atoms with E-state index in [9.17, 15) is 4.79 Å². The van der Waals surface area contributed by atoms with Crippen LogP contribution in [0.25, 0.3) is 0 Å². The first kappa shape index (κ1) is 10.2. The number of carboxylic acid groups (broad SMARTS) is 1. The van der Waals surface area contributed by atoms with E-state index < -0.39 is 5.97 Å². The van der Waals surface area contributed by atoms with Crippen molar-refractivity contribution in [3.8, 4) is 0 Å². The minimum absolute atomic E-state index is 0.237. The van der Waals surface area contributed by atoms with E-state index in [2.05, 4.69) is 0 Å². The molecular weight excluding hydrogens is 190 g/mol. The monoisotopic (exact) mass is 205 g/mol. The van der Waals surface area contributed by atoms with Gasteiger partial charge in [0, 0.05) is 6.04 Å². The number of aromatic carboxylic acids is 1. The number of hydrogen-bond donors (Lipinski definition) is 2. The van der Waals surface area contributed by atoms with Crippen LogP contribution in [0, 0.1) is 0 Å². The van der Waals surface area contributed by atoms with Gasteiger partial charge in [-0.3, -0.25) is 0 Å². The highest BCUT2D eigenvalue weighted by Gasteiger charge is 2.25. The van der Waals surface area contributed by atoms with Crippen molar-refractivity contribution in [1.29, 1.82) is 0 Å². The van der Waals surface area contributed by atoms with Gasteiger partial charge in [0.05, 0.1) is 5.56 Å². The lowest BCUT2D eigenvalue weighted by Gasteiger charge is -2.15. The molecule has 0 saturated heterocycles. The van der Waals surface area contributed by atoms with Gasteiger partial charge in [0.25, 0.3) is 0 Å². The SMILES string of the molecule is NC1CCCC1c1ccc(C(=O)O)cc1. The number of carboxylic acids is 1. The van der Waals surface area contributed by atoms with E-state index in [4.69, 9.17) is 10.8 Å². The third-order valence-electron chi connectivity index (χ3n) is 3.16. The average Bonchev–Trinajstić information content (AvgIpc) is 2.65. The maximum atomic E-state index is 10.7. The summed E-state index contributed by atoms with van der Waals surface area (Å²) in [6, 6.07) is 7.32. The lowest BCUT2D eigenvalue weighted by molar-refractivity contribution is 0.0697. The van der Waals surface area contributed by atoms with Gasteiger partial charge in [-0.25, -0.2) is 4.79 Å². The van der Waals surface area contributed by atoms with Gasteiger partial charge in [-0.1, -0.05) is 18.6 Å². The molecule has 0 heterocycles. The molecule has 3 heteroatoms. The number of hydrogen-bond acceptors (Lipinski definition) is 2. The van der Waals surface area contributed by atoms with Crippen LogP contribution in [0.1, 0.15) is 41.1 Å². The first-order valence-corrected chi connectivity index (χ1v) is 5.27. The Balaban J connectivity index is 2.19. The van der Waals surface area contributed by atoms with Crippen LogP contribution in [-0.2, 0) is 0 Å². The van der Waals surface area contributed by atoms with E-state index in [1.807, 2.05) is 12.1 Å². The summed E-state index contributed by atoms with van der Waals surface area (Å²) in [5, 5.41) is 8.77. The van der Waals surface area contributed by atoms with Crippen LogP contribution in [-0.4, -0.2) is 17.1 Å². The number of carbonyl (C=O) groups is 1. The molecule has 0 amide bonds. The zero-order valence-corrected chi connectivity index (χ0v) is 8.52. The summed E-state index contributed by atoms with van der Waals surface area (Å²) in [6.07, 6.45) is 3.37. The fourth-order valence-corrected chi connectivity index (χ4v) is 2.28. The molecule has 1 aliphatic carbocycles. The third kappa shape index (κ3) is 2.02. The zero-order chi connectivity index (χ0) is 10.8. The van der Waals surface area contributed by atoms with Gasteiger partial charge in [-0.2, -0.15) is 0 Å². The van der Waals surface area contributed by atoms with Crippen LogP contribution in [0.2, 0.25) is 0 Å². The van der Waals surface area contributed by atoms with E-state index >= 15 is 0 Å². The second-order valence-electron chi connectivity index (χ2n) is 4.13. The lowest BCUT2D eigenvalue weighted by Crippen LogP contribution is -2.22. The van der Waals surface area contributed by atoms with Crippen molar-refractivity contribution in [2.45, 2.75) is 31.2 Å². The fraction of sp³-hybridized carbons (Fsp3) is 0.417. The summed E-state index contributed by atoms with van der Waals surface area (Å²) >= 11 is 0. The topological polar surface area (TPSA) is 63.3 Å². The zero-order valence-electron chi connectivity index (χ0n) is 8.52. The second-order valence-corrected chi connectivity index (χ2v) is 4.13. The Morgan fingerprint density at radius 3 is 2.40 bits per heavy atom. The second kappa shape index (κ2) is 4.03. The summed E-state index contributed by atoms with van der Waals surface area (Å²) in [4.78, 5) is 10.7. The van der Waals surface area contributed by atoms with Crippen molar-refractivity contribution in [2.24, 2.45) is 5.73 Å². The van der Waals surface area contributed by atoms with Crippen LogP contribution in [0.3, 0.4) is 0 Å². The largest absolute Gasteiger partial charge is 0.478 e. The van der Waals surface area contributed by atoms with Crippen molar-refractivity contribution in [3.05, 3.63) is 35.4 Å². The maximum absolute atomic E-state index is 10.7. The Morgan fingerprint density at radius 2 is 1.93 bits per heavy atom. The molecule has 0 spiro atoms. The third-order valence-corrected chi connectivity index (χ3v) is 3.16. The summed E-state index contributed by atoms with van der Waals surface area (Å²) in [6.45, 7) is 0. The number of rotatable bonds is 2. The normalized spacial score (nSPS) is 25.4. The Bertz CT molecular complexity index is 358.